The average Bonchev–Trinajstić information content (AvgIpc) is 2.56. The molecule has 0 saturated heterocycles. The Morgan fingerprint density at radius 1 is 1.09 bits per heavy atom. The number of anilines is 1. The molecule has 0 saturated carbocycles. The highest BCUT2D eigenvalue weighted by Gasteiger charge is 2.11. The van der Waals surface area contributed by atoms with E-state index in [0.29, 0.717) is 10.8 Å². The molecule has 0 aromatic heterocycles. The van der Waals surface area contributed by atoms with E-state index in [9.17, 15) is 10.1 Å². The van der Waals surface area contributed by atoms with Crippen LogP contribution in [0.25, 0.3) is 6.08 Å². The highest BCUT2D eigenvalue weighted by molar-refractivity contribution is 6.31. The van der Waals surface area contributed by atoms with Gasteiger partial charge in [-0.15, -0.1) is 0 Å². The van der Waals surface area contributed by atoms with Gasteiger partial charge in [0.05, 0.1) is 4.92 Å². The minimum atomic E-state index is -0.459. The van der Waals surface area contributed by atoms with Crippen molar-refractivity contribution in [1.29, 1.82) is 0 Å². The molecule has 0 unspecified atom stereocenters. The molecule has 2 rings (SSSR count). The van der Waals surface area contributed by atoms with E-state index in [1.807, 2.05) is 44.2 Å². The van der Waals surface area contributed by atoms with Crippen LogP contribution in [0.1, 0.15) is 19.4 Å². The van der Waals surface area contributed by atoms with Crippen molar-refractivity contribution in [2.45, 2.75) is 13.8 Å². The summed E-state index contributed by atoms with van der Waals surface area (Å²) in [5, 5.41) is 11.2. The zero-order valence-electron chi connectivity index (χ0n) is 12.4. The number of nitro groups is 1. The van der Waals surface area contributed by atoms with Gasteiger partial charge in [0, 0.05) is 6.07 Å². The summed E-state index contributed by atoms with van der Waals surface area (Å²) in [7, 11) is 0. The van der Waals surface area contributed by atoms with Gasteiger partial charge in [-0.2, -0.15) is 0 Å². The van der Waals surface area contributed by atoms with Gasteiger partial charge in [0.2, 0.25) is 0 Å². The number of para-hydroxylation sites is 2. The molecule has 0 spiro atoms. The Kier molecular flexibility index (Phi) is 7.50. The van der Waals surface area contributed by atoms with Crippen molar-refractivity contribution in [3.63, 3.8) is 0 Å². The van der Waals surface area contributed by atoms with Crippen LogP contribution < -0.4 is 10.9 Å². The minimum Gasteiger partial charge on any atom is -0.294 e. The number of halogens is 1. The van der Waals surface area contributed by atoms with Crippen molar-refractivity contribution >= 4 is 29.1 Å². The van der Waals surface area contributed by atoms with E-state index in [2.05, 4.69) is 10.9 Å². The predicted molar refractivity (Wildman–Crippen MR) is 91.5 cm³/mol. The first-order valence-electron chi connectivity index (χ1n) is 6.84. The topological polar surface area (TPSA) is 67.2 Å². The molecule has 0 bridgehead atoms. The van der Waals surface area contributed by atoms with Gasteiger partial charge in [-0.05, 0) is 17.7 Å². The largest absolute Gasteiger partial charge is 0.294 e. The Morgan fingerprint density at radius 3 is 2.32 bits per heavy atom. The molecule has 0 heterocycles. The van der Waals surface area contributed by atoms with Gasteiger partial charge >= 0.3 is 0 Å². The summed E-state index contributed by atoms with van der Waals surface area (Å²) in [6, 6.07) is 15.8. The van der Waals surface area contributed by atoms with E-state index in [0.717, 1.165) is 5.56 Å². The number of benzene rings is 2. The Balaban J connectivity index is 0.00000116. The Labute approximate surface area is 134 Å². The zero-order valence-corrected chi connectivity index (χ0v) is 13.2. The SMILES string of the molecule is CC.O=[N+]([O-])c1ccccc1NN/C(Cl)=C/c1ccccc1. The summed E-state index contributed by atoms with van der Waals surface area (Å²) in [5.74, 6) is 0. The van der Waals surface area contributed by atoms with Crippen LogP contribution >= 0.6 is 11.6 Å². The number of nitrogens with one attached hydrogen (secondary N) is 2. The normalized spacial score (nSPS) is 10.2. The number of hydrogen-bond acceptors (Lipinski definition) is 4. The van der Waals surface area contributed by atoms with Gasteiger partial charge in [-0.1, -0.05) is 67.9 Å². The third-order valence-electron chi connectivity index (χ3n) is 2.51. The molecule has 0 aliphatic heterocycles. The maximum absolute atomic E-state index is 10.8. The number of hydrogen-bond donors (Lipinski definition) is 2. The molecule has 2 aromatic carbocycles. The van der Waals surface area contributed by atoms with E-state index < -0.39 is 4.92 Å². The van der Waals surface area contributed by atoms with Crippen molar-refractivity contribution in [3.8, 4) is 0 Å². The second-order valence-electron chi connectivity index (χ2n) is 3.93. The van der Waals surface area contributed by atoms with Crippen molar-refractivity contribution in [1.82, 2.24) is 5.43 Å². The first-order chi connectivity index (χ1) is 10.7. The standard InChI is InChI=1S/C14H12ClN3O2.C2H6/c15-14(10-11-6-2-1-3-7-11)17-16-12-8-4-5-9-13(12)18(19)20;1-2/h1-10,16-17H;1-2H3/b14-10+;. The minimum absolute atomic E-state index is 0.0239. The van der Waals surface area contributed by atoms with Gasteiger partial charge in [0.1, 0.15) is 10.8 Å². The van der Waals surface area contributed by atoms with Crippen LogP contribution in [0.3, 0.4) is 0 Å². The van der Waals surface area contributed by atoms with Crippen molar-refractivity contribution in [3.05, 3.63) is 75.4 Å². The van der Waals surface area contributed by atoms with E-state index in [4.69, 9.17) is 11.6 Å². The number of nitrogens with zero attached hydrogens (tertiary/aromatic N) is 1. The molecular weight excluding hydrogens is 302 g/mol. The smallest absolute Gasteiger partial charge is 0.294 e. The summed E-state index contributed by atoms with van der Waals surface area (Å²) < 4.78 is 0. The average molecular weight is 320 g/mol. The van der Waals surface area contributed by atoms with Crippen LogP contribution in [0.15, 0.2) is 59.8 Å². The molecule has 22 heavy (non-hydrogen) atoms. The molecule has 116 valence electrons. The molecule has 0 amide bonds. The van der Waals surface area contributed by atoms with Crippen LogP contribution in [-0.2, 0) is 0 Å². The molecular formula is C16H18ClN3O2. The molecule has 0 aliphatic rings. The van der Waals surface area contributed by atoms with Crippen LogP contribution in [0.4, 0.5) is 11.4 Å². The van der Waals surface area contributed by atoms with E-state index in [-0.39, 0.29) is 5.69 Å². The van der Waals surface area contributed by atoms with E-state index in [1.165, 1.54) is 6.07 Å². The Bertz CT molecular complexity index is 630. The van der Waals surface area contributed by atoms with Crippen LogP contribution in [-0.4, -0.2) is 4.92 Å². The summed E-state index contributed by atoms with van der Waals surface area (Å²) in [5.41, 5.74) is 6.68. The number of nitro benzene ring substituents is 1. The highest BCUT2D eigenvalue weighted by atomic mass is 35.5. The maximum atomic E-state index is 10.8. The lowest BCUT2D eigenvalue weighted by Gasteiger charge is -2.08. The third-order valence-corrected chi connectivity index (χ3v) is 2.71. The molecule has 2 N–H and O–H groups in total. The van der Waals surface area contributed by atoms with E-state index >= 15 is 0 Å². The fourth-order valence-corrected chi connectivity index (χ4v) is 1.77. The van der Waals surface area contributed by atoms with Crippen LogP contribution in [0.2, 0.25) is 0 Å². The van der Waals surface area contributed by atoms with Gasteiger partial charge in [0.15, 0.2) is 0 Å². The fraction of sp³-hybridized carbons (Fsp3) is 0.125. The van der Waals surface area contributed by atoms with Crippen molar-refractivity contribution in [2.75, 3.05) is 5.43 Å². The fourth-order valence-electron chi connectivity index (χ4n) is 1.60. The lowest BCUT2D eigenvalue weighted by molar-refractivity contribution is -0.384. The quantitative estimate of drug-likeness (QED) is 0.473. The van der Waals surface area contributed by atoms with Crippen LogP contribution in [0, 0.1) is 10.1 Å². The molecule has 0 radical (unpaired) electrons. The van der Waals surface area contributed by atoms with Crippen molar-refractivity contribution in [2.24, 2.45) is 0 Å². The summed E-state index contributed by atoms with van der Waals surface area (Å²) in [4.78, 5) is 10.4. The molecule has 2 aromatic rings. The predicted octanol–water partition coefficient (Wildman–Crippen LogP) is 4.77. The molecule has 0 aliphatic carbocycles. The summed E-state index contributed by atoms with van der Waals surface area (Å²) in [6.07, 6.45) is 1.71. The molecule has 0 atom stereocenters. The summed E-state index contributed by atoms with van der Waals surface area (Å²) >= 11 is 6.01. The van der Waals surface area contributed by atoms with Crippen molar-refractivity contribution < 1.29 is 4.92 Å². The number of hydrazine groups is 1. The van der Waals surface area contributed by atoms with Gasteiger partial charge in [0.25, 0.3) is 5.69 Å². The number of rotatable bonds is 5. The first-order valence-corrected chi connectivity index (χ1v) is 7.22. The first kappa shape index (κ1) is 17.5. The Morgan fingerprint density at radius 2 is 1.68 bits per heavy atom. The lowest BCUT2D eigenvalue weighted by Crippen LogP contribution is -2.18. The lowest BCUT2D eigenvalue weighted by atomic mass is 10.2. The molecule has 0 fully saturated rings. The van der Waals surface area contributed by atoms with Gasteiger partial charge in [-0.25, -0.2) is 0 Å². The molecule has 5 nitrogen and oxygen atoms in total. The summed E-state index contributed by atoms with van der Waals surface area (Å²) in [6.45, 7) is 4.00. The second kappa shape index (κ2) is 9.41. The Hall–Kier alpha value is -2.53. The highest BCUT2D eigenvalue weighted by Crippen LogP contribution is 2.22. The zero-order chi connectivity index (χ0) is 16.4. The van der Waals surface area contributed by atoms with Gasteiger partial charge < -0.3 is 0 Å². The van der Waals surface area contributed by atoms with Crippen LogP contribution in [0.5, 0.6) is 0 Å². The van der Waals surface area contributed by atoms with E-state index in [1.54, 1.807) is 24.3 Å². The second-order valence-corrected chi connectivity index (χ2v) is 4.33. The monoisotopic (exact) mass is 319 g/mol. The third kappa shape index (κ3) is 5.46. The molecule has 6 heteroatoms. The van der Waals surface area contributed by atoms with Gasteiger partial charge in [-0.3, -0.25) is 21.0 Å². The maximum Gasteiger partial charge on any atom is 0.294 e.